The molecule has 8 heteroatoms. The van der Waals surface area contributed by atoms with Crippen LogP contribution in [0.5, 0.6) is 0 Å². The fourth-order valence-corrected chi connectivity index (χ4v) is 5.54. The Bertz CT molecular complexity index is 775. The molecule has 1 N–H and O–H groups in total. The van der Waals surface area contributed by atoms with E-state index in [2.05, 4.69) is 22.7 Å². The minimum atomic E-state index is -3.53. The van der Waals surface area contributed by atoms with Gasteiger partial charge in [0.1, 0.15) is 0 Å². The fraction of sp³-hybridized carbons (Fsp3) is 0.611. The Labute approximate surface area is 158 Å². The third kappa shape index (κ3) is 4.59. The second-order valence-corrected chi connectivity index (χ2v) is 16.4. The fourth-order valence-electron chi connectivity index (χ4n) is 2.80. The Morgan fingerprint density at radius 3 is 2.27 bits per heavy atom. The molecule has 1 aromatic carbocycles. The average molecular weight is 399 g/mol. The number of nitrogens with one attached hydrogen (secondary N) is 1. The normalized spacial score (nSPS) is 17.7. The zero-order valence-electron chi connectivity index (χ0n) is 16.5. The SMILES string of the molecule is COC(=O)c1ccc(NS(=O)(=O)C(C)(C)C)cc1N1CC[Si](C)(C)CC1. The smallest absolute Gasteiger partial charge is 0.339 e. The summed E-state index contributed by atoms with van der Waals surface area (Å²) < 4.78 is 31.5. The van der Waals surface area contributed by atoms with Gasteiger partial charge in [0.2, 0.25) is 10.0 Å². The van der Waals surface area contributed by atoms with Crippen molar-refractivity contribution in [3.05, 3.63) is 23.8 Å². The van der Waals surface area contributed by atoms with E-state index in [4.69, 9.17) is 4.74 Å². The van der Waals surface area contributed by atoms with Crippen molar-refractivity contribution in [1.29, 1.82) is 0 Å². The molecule has 0 bridgehead atoms. The van der Waals surface area contributed by atoms with Crippen LogP contribution in [0.15, 0.2) is 18.2 Å². The van der Waals surface area contributed by atoms with Crippen LogP contribution >= 0.6 is 0 Å². The van der Waals surface area contributed by atoms with E-state index in [0.29, 0.717) is 11.3 Å². The van der Waals surface area contributed by atoms with E-state index in [-0.39, 0.29) is 0 Å². The van der Waals surface area contributed by atoms with Gasteiger partial charge in [0.15, 0.2) is 0 Å². The lowest BCUT2D eigenvalue weighted by molar-refractivity contribution is 0.0601. The number of ether oxygens (including phenoxy) is 1. The highest BCUT2D eigenvalue weighted by molar-refractivity contribution is 7.94. The Morgan fingerprint density at radius 1 is 1.19 bits per heavy atom. The second kappa shape index (κ2) is 7.23. The lowest BCUT2D eigenvalue weighted by Crippen LogP contribution is -2.43. The van der Waals surface area contributed by atoms with Crippen LogP contribution in [-0.2, 0) is 14.8 Å². The number of anilines is 2. The molecule has 0 unspecified atom stereocenters. The van der Waals surface area contributed by atoms with Crippen molar-refractivity contribution in [3.63, 3.8) is 0 Å². The van der Waals surface area contributed by atoms with E-state index in [0.717, 1.165) is 30.9 Å². The first kappa shape index (κ1) is 20.8. The molecule has 0 atom stereocenters. The minimum Gasteiger partial charge on any atom is -0.465 e. The molecule has 26 heavy (non-hydrogen) atoms. The maximum Gasteiger partial charge on any atom is 0.339 e. The Balaban J connectivity index is 2.39. The van der Waals surface area contributed by atoms with Crippen molar-refractivity contribution < 1.29 is 17.9 Å². The van der Waals surface area contributed by atoms with Gasteiger partial charge >= 0.3 is 5.97 Å². The van der Waals surface area contributed by atoms with E-state index in [9.17, 15) is 13.2 Å². The lowest BCUT2D eigenvalue weighted by atomic mass is 10.1. The van der Waals surface area contributed by atoms with Gasteiger partial charge in [0.05, 0.1) is 36.9 Å². The first-order valence-electron chi connectivity index (χ1n) is 8.86. The molecule has 2 rings (SSSR count). The van der Waals surface area contributed by atoms with Crippen LogP contribution in [0.2, 0.25) is 25.2 Å². The number of hydrogen-bond donors (Lipinski definition) is 1. The molecule has 1 heterocycles. The molecule has 0 aliphatic carbocycles. The molecule has 0 amide bonds. The van der Waals surface area contributed by atoms with Gasteiger partial charge in [-0.1, -0.05) is 13.1 Å². The summed E-state index contributed by atoms with van der Waals surface area (Å²) >= 11 is 0. The van der Waals surface area contributed by atoms with Crippen LogP contribution in [0.4, 0.5) is 11.4 Å². The zero-order valence-corrected chi connectivity index (χ0v) is 18.4. The number of methoxy groups -OCH3 is 1. The van der Waals surface area contributed by atoms with E-state index < -0.39 is 28.8 Å². The van der Waals surface area contributed by atoms with E-state index >= 15 is 0 Å². The Kier molecular flexibility index (Phi) is 5.77. The molecule has 1 aliphatic rings. The van der Waals surface area contributed by atoms with Crippen molar-refractivity contribution in [1.82, 2.24) is 0 Å². The molecule has 146 valence electrons. The molecule has 6 nitrogen and oxygen atoms in total. The highest BCUT2D eigenvalue weighted by atomic mass is 32.2. The highest BCUT2D eigenvalue weighted by Crippen LogP contribution is 2.32. The number of rotatable bonds is 4. The quantitative estimate of drug-likeness (QED) is 0.620. The third-order valence-corrected chi connectivity index (χ3v) is 10.2. The van der Waals surface area contributed by atoms with E-state index in [1.54, 1.807) is 39.0 Å². The van der Waals surface area contributed by atoms with Crippen molar-refractivity contribution in [2.75, 3.05) is 29.8 Å². The van der Waals surface area contributed by atoms with Gasteiger partial charge < -0.3 is 9.64 Å². The summed E-state index contributed by atoms with van der Waals surface area (Å²) in [4.78, 5) is 14.3. The summed E-state index contributed by atoms with van der Waals surface area (Å²) in [6, 6.07) is 7.28. The second-order valence-electron chi connectivity index (χ2n) is 8.59. The van der Waals surface area contributed by atoms with Crippen molar-refractivity contribution in [3.8, 4) is 0 Å². The number of carbonyl (C=O) groups excluding carboxylic acids is 1. The van der Waals surface area contributed by atoms with Crippen LogP contribution in [0, 0.1) is 0 Å². The number of hydrogen-bond acceptors (Lipinski definition) is 5. The van der Waals surface area contributed by atoms with Crippen LogP contribution in [0.25, 0.3) is 0 Å². The van der Waals surface area contributed by atoms with E-state index in [1.807, 2.05) is 0 Å². The molecule has 0 aromatic heterocycles. The highest BCUT2D eigenvalue weighted by Gasteiger charge is 2.31. The predicted octanol–water partition coefficient (Wildman–Crippen LogP) is 3.54. The molecular formula is C18H30N2O4SSi. The third-order valence-electron chi connectivity index (χ3n) is 4.92. The summed E-state index contributed by atoms with van der Waals surface area (Å²) in [5.74, 6) is -0.410. The van der Waals surface area contributed by atoms with Crippen molar-refractivity contribution in [2.45, 2.75) is 50.7 Å². The lowest BCUT2D eigenvalue weighted by Gasteiger charge is -2.37. The summed E-state index contributed by atoms with van der Waals surface area (Å²) in [5, 5.41) is 0. The molecule has 1 aromatic rings. The van der Waals surface area contributed by atoms with Gasteiger partial charge in [-0.05, 0) is 51.1 Å². The zero-order chi connectivity index (χ0) is 19.8. The monoisotopic (exact) mass is 398 g/mol. The number of nitrogens with zero attached hydrogens (tertiary/aromatic N) is 1. The van der Waals surface area contributed by atoms with Gasteiger partial charge in [-0.3, -0.25) is 4.72 Å². The van der Waals surface area contributed by atoms with E-state index in [1.165, 1.54) is 7.11 Å². The van der Waals surface area contributed by atoms with Crippen LogP contribution in [-0.4, -0.2) is 47.4 Å². The minimum absolute atomic E-state index is 0.410. The first-order chi connectivity index (χ1) is 11.9. The van der Waals surface area contributed by atoms with Gasteiger partial charge in [0, 0.05) is 13.1 Å². The maximum atomic E-state index is 12.5. The summed E-state index contributed by atoms with van der Waals surface area (Å²) in [6.07, 6.45) is 0. The average Bonchev–Trinajstić information content (AvgIpc) is 2.52. The van der Waals surface area contributed by atoms with Crippen molar-refractivity contribution in [2.24, 2.45) is 0 Å². The molecule has 1 aliphatic heterocycles. The predicted molar refractivity (Wildman–Crippen MR) is 109 cm³/mol. The summed E-state index contributed by atoms with van der Waals surface area (Å²) in [5.41, 5.74) is 1.66. The number of esters is 1. The molecule has 1 saturated heterocycles. The Hall–Kier alpha value is -1.54. The van der Waals surface area contributed by atoms with Crippen LogP contribution in [0.3, 0.4) is 0 Å². The standard InChI is InChI=1S/C18H30N2O4SSi/c1-18(2,3)25(22,23)19-14-7-8-15(17(21)24-4)16(13-14)20-9-11-26(5,6)12-10-20/h7-8,13,19H,9-12H2,1-6H3. The first-order valence-corrected chi connectivity index (χ1v) is 13.8. The molecule has 0 radical (unpaired) electrons. The molecular weight excluding hydrogens is 368 g/mol. The molecule has 1 fully saturated rings. The van der Waals surface area contributed by atoms with Gasteiger partial charge in [-0.15, -0.1) is 0 Å². The number of benzene rings is 1. The molecule has 0 saturated carbocycles. The summed E-state index contributed by atoms with van der Waals surface area (Å²) in [6.45, 7) is 11.4. The van der Waals surface area contributed by atoms with Gasteiger partial charge in [-0.2, -0.15) is 0 Å². The number of sulfonamides is 1. The summed E-state index contributed by atoms with van der Waals surface area (Å²) in [7, 11) is -3.34. The van der Waals surface area contributed by atoms with Gasteiger partial charge in [0.25, 0.3) is 0 Å². The van der Waals surface area contributed by atoms with Crippen molar-refractivity contribution >= 4 is 35.4 Å². The molecule has 0 spiro atoms. The Morgan fingerprint density at radius 2 is 1.77 bits per heavy atom. The van der Waals surface area contributed by atoms with Crippen LogP contribution < -0.4 is 9.62 Å². The topological polar surface area (TPSA) is 75.7 Å². The largest absolute Gasteiger partial charge is 0.465 e. The number of carbonyl (C=O) groups is 1. The van der Waals surface area contributed by atoms with Gasteiger partial charge in [-0.25, -0.2) is 13.2 Å². The van der Waals surface area contributed by atoms with Crippen LogP contribution in [0.1, 0.15) is 31.1 Å². The maximum absolute atomic E-state index is 12.5.